The summed E-state index contributed by atoms with van der Waals surface area (Å²) in [4.78, 5) is 29.2. The fourth-order valence-corrected chi connectivity index (χ4v) is 12.3. The first-order valence-corrected chi connectivity index (χ1v) is 15.7. The molecule has 2 N–H and O–H groups in total. The fourth-order valence-electron chi connectivity index (χ4n) is 12.3. The zero-order chi connectivity index (χ0) is 31.4. The maximum Gasteiger partial charge on any atom is 0.338 e. The molecule has 0 radical (unpaired) electrons. The number of benzene rings is 1. The lowest BCUT2D eigenvalue weighted by Crippen LogP contribution is -2.80. The van der Waals surface area contributed by atoms with E-state index in [-0.39, 0.29) is 35.8 Å². The van der Waals surface area contributed by atoms with Crippen LogP contribution in [0.1, 0.15) is 36.5 Å². The van der Waals surface area contributed by atoms with Gasteiger partial charge in [-0.25, -0.2) is 4.79 Å². The first-order valence-electron chi connectivity index (χ1n) is 15.7. The molecule has 7 rings (SSSR count). The zero-order valence-electron chi connectivity index (χ0n) is 26.3. The number of ether oxygens (including phenoxy) is 6. The summed E-state index contributed by atoms with van der Waals surface area (Å²) in [6, 6.07) is 8.39. The quantitative estimate of drug-likeness (QED) is 0.410. The molecule has 0 amide bonds. The third kappa shape index (κ3) is 3.41. The number of fused-ring (bicyclic) bond motifs is 2. The van der Waals surface area contributed by atoms with Crippen LogP contribution in [-0.4, -0.2) is 123 Å². The van der Waals surface area contributed by atoms with E-state index < -0.39 is 64.8 Å². The number of nitrogens with zero attached hydrogens (tertiary/aromatic N) is 1. The Morgan fingerprint density at radius 1 is 1.02 bits per heavy atom. The minimum atomic E-state index is -1.76. The van der Waals surface area contributed by atoms with E-state index in [1.807, 2.05) is 6.07 Å². The van der Waals surface area contributed by atoms with E-state index in [0.29, 0.717) is 12.2 Å². The molecule has 0 aromatic heterocycles. The Kier molecular flexibility index (Phi) is 7.07. The number of rotatable bonds is 8. The molecule has 1 aromatic carbocycles. The van der Waals surface area contributed by atoms with Gasteiger partial charge in [-0.3, -0.25) is 4.79 Å². The van der Waals surface area contributed by atoms with Gasteiger partial charge in [0, 0.05) is 76.5 Å². The highest BCUT2D eigenvalue weighted by atomic mass is 16.6. The Balaban J connectivity index is 1.51. The van der Waals surface area contributed by atoms with Crippen LogP contribution in [0.2, 0.25) is 0 Å². The van der Waals surface area contributed by atoms with Gasteiger partial charge in [-0.15, -0.1) is 0 Å². The van der Waals surface area contributed by atoms with Gasteiger partial charge in [-0.2, -0.15) is 0 Å². The summed E-state index contributed by atoms with van der Waals surface area (Å²) >= 11 is 0. The van der Waals surface area contributed by atoms with Crippen LogP contribution in [0.5, 0.6) is 0 Å². The number of likely N-dealkylation sites (tertiary alicyclic amines) is 1. The molecule has 3 unspecified atom stereocenters. The number of hydrogen-bond donors (Lipinski definition) is 2. The number of aliphatic hydroxyl groups is 2. The number of carbonyl (C=O) groups is 2. The summed E-state index contributed by atoms with van der Waals surface area (Å²) in [6.45, 7) is 2.56. The molecule has 14 atom stereocenters. The van der Waals surface area contributed by atoms with Gasteiger partial charge in [0.2, 0.25) is 0 Å². The third-order valence-electron chi connectivity index (χ3n) is 12.8. The number of hydrogen-bond acceptors (Lipinski definition) is 11. The monoisotopic (exact) mass is 615 g/mol. The Morgan fingerprint density at radius 2 is 1.75 bits per heavy atom. The Hall–Kier alpha value is -2.12. The molecule has 44 heavy (non-hydrogen) atoms. The predicted molar refractivity (Wildman–Crippen MR) is 154 cm³/mol. The van der Waals surface area contributed by atoms with Gasteiger partial charge in [0.25, 0.3) is 0 Å². The topological polar surface area (TPSA) is 133 Å². The van der Waals surface area contributed by atoms with Crippen molar-refractivity contribution in [3.8, 4) is 0 Å². The first kappa shape index (κ1) is 30.5. The Morgan fingerprint density at radius 3 is 2.36 bits per heavy atom. The van der Waals surface area contributed by atoms with Crippen molar-refractivity contribution >= 4 is 11.9 Å². The van der Waals surface area contributed by atoms with E-state index >= 15 is 0 Å². The van der Waals surface area contributed by atoms with E-state index in [1.54, 1.807) is 45.6 Å². The van der Waals surface area contributed by atoms with Gasteiger partial charge in [0.15, 0.2) is 5.60 Å². The average Bonchev–Trinajstić information content (AvgIpc) is 3.39. The van der Waals surface area contributed by atoms with Crippen molar-refractivity contribution in [3.63, 3.8) is 0 Å². The van der Waals surface area contributed by atoms with Crippen molar-refractivity contribution in [1.29, 1.82) is 0 Å². The molecular weight excluding hydrogens is 570 g/mol. The molecule has 7 bridgehead atoms. The van der Waals surface area contributed by atoms with Gasteiger partial charge in [0.05, 0.1) is 24.4 Å². The summed E-state index contributed by atoms with van der Waals surface area (Å²) in [6.07, 6.45) is -2.66. The van der Waals surface area contributed by atoms with E-state index in [0.717, 1.165) is 19.4 Å². The molecule has 11 nitrogen and oxygen atoms in total. The van der Waals surface area contributed by atoms with Crippen LogP contribution in [0, 0.1) is 34.5 Å². The molecular formula is C33H45NO10. The van der Waals surface area contributed by atoms with Gasteiger partial charge in [-0.05, 0) is 44.4 Å². The number of carbonyl (C=O) groups excluding carboxylic acids is 2. The number of aliphatic hydroxyl groups excluding tert-OH is 1. The minimum Gasteiger partial charge on any atom is -0.455 e. The molecule has 11 heteroatoms. The van der Waals surface area contributed by atoms with Crippen molar-refractivity contribution in [3.05, 3.63) is 35.9 Å². The number of esters is 2. The lowest BCUT2D eigenvalue weighted by Gasteiger charge is -2.69. The van der Waals surface area contributed by atoms with Crippen molar-refractivity contribution in [2.24, 2.45) is 34.5 Å². The highest BCUT2D eigenvalue weighted by Crippen LogP contribution is 2.80. The molecule has 6 fully saturated rings. The van der Waals surface area contributed by atoms with Gasteiger partial charge in [-0.1, -0.05) is 18.2 Å². The average molecular weight is 616 g/mol. The molecule has 1 saturated heterocycles. The summed E-state index contributed by atoms with van der Waals surface area (Å²) in [7, 11) is 8.63. The number of methoxy groups -OCH3 is 4. The molecule has 1 aromatic rings. The van der Waals surface area contributed by atoms with Gasteiger partial charge in [0.1, 0.15) is 23.9 Å². The lowest BCUT2D eigenvalue weighted by molar-refractivity contribution is -0.316. The molecule has 5 saturated carbocycles. The van der Waals surface area contributed by atoms with E-state index in [9.17, 15) is 19.8 Å². The molecule has 6 aliphatic rings. The smallest absolute Gasteiger partial charge is 0.338 e. The lowest BCUT2D eigenvalue weighted by atomic mass is 9.43. The van der Waals surface area contributed by atoms with Crippen molar-refractivity contribution in [2.75, 3.05) is 48.6 Å². The summed E-state index contributed by atoms with van der Waals surface area (Å²) in [5.41, 5.74) is -3.93. The predicted octanol–water partition coefficient (Wildman–Crippen LogP) is 1.29. The van der Waals surface area contributed by atoms with E-state index in [1.165, 1.54) is 14.0 Å². The van der Waals surface area contributed by atoms with Crippen LogP contribution < -0.4 is 0 Å². The van der Waals surface area contributed by atoms with Crippen LogP contribution in [-0.2, 0) is 33.2 Å². The highest BCUT2D eigenvalue weighted by molar-refractivity contribution is 5.89. The molecule has 1 heterocycles. The molecule has 1 aliphatic heterocycles. The van der Waals surface area contributed by atoms with Crippen molar-refractivity contribution < 1.29 is 48.2 Å². The zero-order valence-corrected chi connectivity index (χ0v) is 26.3. The Bertz CT molecular complexity index is 1310. The van der Waals surface area contributed by atoms with Crippen LogP contribution in [0.15, 0.2) is 30.3 Å². The van der Waals surface area contributed by atoms with Crippen LogP contribution in [0.25, 0.3) is 0 Å². The largest absolute Gasteiger partial charge is 0.455 e. The first-order chi connectivity index (χ1) is 21.0. The summed E-state index contributed by atoms with van der Waals surface area (Å²) in [5, 5.41) is 25.1. The summed E-state index contributed by atoms with van der Waals surface area (Å²) in [5.74, 6) is -2.96. The van der Waals surface area contributed by atoms with Crippen LogP contribution in [0.4, 0.5) is 0 Å². The second-order valence-electron chi connectivity index (χ2n) is 14.2. The second kappa shape index (κ2) is 10.2. The highest BCUT2D eigenvalue weighted by Gasteiger charge is 2.91. The SMILES string of the molecule is COC[C@@]12CC[C@H](OC)C34C(C([C@H](OC)[C@@H]31)[C@]1(OC(C)=O)[C@@H]3[C@H]4C[C@](O)([C@@H]3OC(=O)c3ccccc3)[C@@H](OC)[C@@H]1O)N(C)C2. The second-order valence-corrected chi connectivity index (χ2v) is 14.2. The molecule has 242 valence electrons. The fraction of sp³-hybridized carbons (Fsp3) is 0.758. The standard InChI is InChI=1S/C33H45NO10/c1-17(35)44-33-21-19(14-31(38,28(42-6)26(33)36)27(21)43-29(37)18-10-8-7-9-11-18)32-20(40-4)12-13-30(16-39-3)15-34(2)25(32)22(33)23(41-5)24(30)32/h7-11,19-28,36,38H,12-16H2,1-6H3/t19-,20+,21-,22?,23+,24-,25?,26+,27-,28+,30+,31+,32?,33-/m1/s1. The Labute approximate surface area is 258 Å². The maximum atomic E-state index is 13.7. The van der Waals surface area contributed by atoms with Crippen molar-refractivity contribution in [2.45, 2.75) is 73.9 Å². The van der Waals surface area contributed by atoms with Crippen LogP contribution in [0.3, 0.4) is 0 Å². The maximum absolute atomic E-state index is 13.7. The molecule has 5 aliphatic carbocycles. The minimum absolute atomic E-state index is 0.103. The van der Waals surface area contributed by atoms with E-state index in [2.05, 4.69) is 11.9 Å². The summed E-state index contributed by atoms with van der Waals surface area (Å²) < 4.78 is 37.5. The number of piperidine rings is 1. The normalized spacial score (nSPS) is 49.9. The van der Waals surface area contributed by atoms with Gasteiger partial charge < -0.3 is 43.5 Å². The van der Waals surface area contributed by atoms with Gasteiger partial charge >= 0.3 is 11.9 Å². The van der Waals surface area contributed by atoms with Crippen LogP contribution >= 0.6 is 0 Å². The molecule has 1 spiro atoms. The van der Waals surface area contributed by atoms with E-state index in [4.69, 9.17) is 28.4 Å². The van der Waals surface area contributed by atoms with Crippen molar-refractivity contribution in [1.82, 2.24) is 4.90 Å². The third-order valence-corrected chi connectivity index (χ3v) is 12.8.